The summed E-state index contributed by atoms with van der Waals surface area (Å²) in [6, 6.07) is 135. The van der Waals surface area contributed by atoms with Gasteiger partial charge in [-0.1, -0.05) is 322 Å². The van der Waals surface area contributed by atoms with E-state index in [0.29, 0.717) is 46.9 Å². The van der Waals surface area contributed by atoms with Crippen molar-refractivity contribution >= 4 is 199 Å². The maximum absolute atomic E-state index is 18.6. The van der Waals surface area contributed by atoms with Gasteiger partial charge in [0.25, 0.3) is 17.7 Å². The van der Waals surface area contributed by atoms with E-state index in [-0.39, 0.29) is 46.6 Å². The van der Waals surface area contributed by atoms with Gasteiger partial charge < -0.3 is 32.0 Å². The van der Waals surface area contributed by atoms with Gasteiger partial charge in [-0.15, -0.1) is 0 Å². The molecule has 13 heteroatoms. The molecule has 24 aromatic rings. The summed E-state index contributed by atoms with van der Waals surface area (Å²) in [6.45, 7) is 4.65. The molecule has 9 heterocycles. The van der Waals surface area contributed by atoms with E-state index in [1.807, 2.05) is 18.2 Å². The Labute approximate surface area is 775 Å². The number of amides is 3. The molecule has 3 unspecified atom stereocenters. The SMILES string of the molecule is CC1C=CC=CC1c1ccccc1CC/C(=C(/C(=C1\CC(=N)N(c2ccccc2N2C(=O)c3c(c(-n4c5ccccc5c5ccccc54)c(-n4c5ccccc5c5ccccc54)c(-n4c5ccccc5c5ccccc54)c3-n3c4ccccc4c4ccccc43)C2=O)C1=O)n1c2ccccc2c2ccccc21)n1c2ccccc2c2ccccc21)C(C)n1c2ccccc2c2ccccc21. The number of carbonyl (C=O) groups is 3. The number of para-hydroxylation sites is 16. The lowest BCUT2D eigenvalue weighted by atomic mass is 9.81. The smallest absolute Gasteiger partial charge is 0.268 e. The summed E-state index contributed by atoms with van der Waals surface area (Å²) in [5, 5.41) is 25.3. The second kappa shape index (κ2) is 30.1. The fourth-order valence-electron chi connectivity index (χ4n) is 23.6. The van der Waals surface area contributed by atoms with E-state index in [9.17, 15) is 5.41 Å². The topological polar surface area (TPSA) is 116 Å². The largest absolute Gasteiger partial charge is 0.333 e. The zero-order valence-electron chi connectivity index (χ0n) is 73.9. The van der Waals surface area contributed by atoms with Gasteiger partial charge in [-0.05, 0) is 139 Å². The molecule has 3 atom stereocenters. The summed E-state index contributed by atoms with van der Waals surface area (Å²) in [4.78, 5) is 58.5. The van der Waals surface area contributed by atoms with Crippen LogP contribution >= 0.6 is 0 Å². The van der Waals surface area contributed by atoms with Crippen LogP contribution in [-0.4, -0.2) is 55.5 Å². The first-order chi connectivity index (χ1) is 66.6. The first kappa shape index (κ1) is 77.5. The molecule has 1 N–H and O–H groups in total. The molecule has 2 aliphatic heterocycles. The maximum atomic E-state index is 18.6. The van der Waals surface area contributed by atoms with E-state index in [2.05, 4.69) is 434 Å². The first-order valence-corrected chi connectivity index (χ1v) is 46.6. The monoisotopic (exact) mass is 1740 g/mol. The van der Waals surface area contributed by atoms with Gasteiger partial charge in [0, 0.05) is 98.8 Å². The molecule has 3 aliphatic rings. The lowest BCUT2D eigenvalue weighted by molar-refractivity contribution is -0.113. The van der Waals surface area contributed by atoms with Crippen LogP contribution in [0.25, 0.3) is 187 Å². The number of anilines is 2. The molecule has 1 saturated heterocycles. The van der Waals surface area contributed by atoms with Crippen LogP contribution in [-0.2, 0) is 11.2 Å². The highest BCUT2D eigenvalue weighted by Crippen LogP contribution is 2.56. The number of aryl methyl sites for hydroxylation is 1. The molecule has 0 saturated carbocycles. The maximum Gasteiger partial charge on any atom is 0.268 e. The van der Waals surface area contributed by atoms with Crippen LogP contribution in [0.1, 0.15) is 70.5 Å². The number of amidine groups is 1. The summed E-state index contributed by atoms with van der Waals surface area (Å²) in [5.41, 5.74) is 20.5. The molecule has 1 fully saturated rings. The average Bonchev–Trinajstić information content (AvgIpc) is 1.51. The van der Waals surface area contributed by atoms with Crippen LogP contribution in [0.15, 0.2) is 424 Å². The minimum absolute atomic E-state index is 0.0484. The Morgan fingerprint density at radius 2 is 0.593 bits per heavy atom. The van der Waals surface area contributed by atoms with Crippen LogP contribution in [0.2, 0.25) is 0 Å². The quantitative estimate of drug-likeness (QED) is 0.0814. The number of rotatable bonds is 15. The molecule has 135 heavy (non-hydrogen) atoms. The van der Waals surface area contributed by atoms with Crippen LogP contribution in [0, 0.1) is 11.3 Å². The Morgan fingerprint density at radius 3 is 0.956 bits per heavy atom. The summed E-state index contributed by atoms with van der Waals surface area (Å²) < 4.78 is 16.5. The standard InChI is InChI=1S/C122H84N10O3/c1-74-37-3-5-39-77(74)79-40-6-4-38-76(79)71-72-78(75(2)124-95-55-21-7-41-80(95)81-42-8-22-56-96(81)124)114(125-97-57-23-9-43-82(97)83-44-10-24-58-98(83)125)115(126-99-59-25-11-45-84(99)85-46-12-26-60-100(85)126)94-73-111(123)131(120(94)133)109-69-35-36-70-110(109)132-121(134)112-113(122(132)135)117(128-103-63-29-15-49-88(103)89-50-16-30-64-104(89)128)119(130-107-67-33-19-53-92(107)93-54-20-34-68-108(93)130)118(129-105-65-31-17-51-90(105)91-52-18-32-66-106(91)129)116(112)127-101-61-27-13-47-86(101)87-48-14-28-62-102(87)127/h3-70,74-75,77,123H,71-73H2,1-2H3/b114-78+,115-94-,123-111?. The van der Waals surface area contributed by atoms with E-state index in [1.54, 1.807) is 6.07 Å². The molecule has 0 spiro atoms. The van der Waals surface area contributed by atoms with E-state index in [4.69, 9.17) is 0 Å². The second-order valence-electron chi connectivity index (χ2n) is 36.2. The van der Waals surface area contributed by atoms with Gasteiger partial charge in [0.2, 0.25) is 0 Å². The van der Waals surface area contributed by atoms with Gasteiger partial charge in [-0.3, -0.25) is 24.7 Å². The molecule has 3 amide bonds. The van der Waals surface area contributed by atoms with Crippen LogP contribution < -0.4 is 9.80 Å². The van der Waals surface area contributed by atoms with E-state index in [0.717, 1.165) is 164 Å². The molecule has 17 aromatic carbocycles. The predicted octanol–water partition coefficient (Wildman–Crippen LogP) is 29.5. The Kier molecular flexibility index (Phi) is 17.3. The highest BCUT2D eigenvalue weighted by atomic mass is 16.2. The lowest BCUT2D eigenvalue weighted by Gasteiger charge is -2.30. The highest BCUT2D eigenvalue weighted by Gasteiger charge is 2.50. The normalized spacial score (nSPS) is 15.7. The van der Waals surface area contributed by atoms with Crippen molar-refractivity contribution in [3.8, 4) is 22.7 Å². The minimum Gasteiger partial charge on any atom is -0.333 e. The molecule has 1 aliphatic carbocycles. The summed E-state index contributed by atoms with van der Waals surface area (Å²) in [7, 11) is 0. The number of allylic oxidation sites excluding steroid dienone is 7. The minimum atomic E-state index is -0.621. The van der Waals surface area contributed by atoms with Crippen molar-refractivity contribution in [1.82, 2.24) is 32.0 Å². The molecular formula is C122H84N10O3. The number of benzene rings is 17. The Hall–Kier alpha value is -17.4. The van der Waals surface area contributed by atoms with Crippen molar-refractivity contribution < 1.29 is 14.4 Å². The van der Waals surface area contributed by atoms with E-state index in [1.165, 1.54) is 20.9 Å². The van der Waals surface area contributed by atoms with Gasteiger partial charge >= 0.3 is 0 Å². The van der Waals surface area contributed by atoms with Crippen molar-refractivity contribution in [2.45, 2.75) is 45.1 Å². The number of aromatic nitrogens is 7. The first-order valence-electron chi connectivity index (χ1n) is 46.6. The zero-order chi connectivity index (χ0) is 89.7. The summed E-state index contributed by atoms with van der Waals surface area (Å²) in [6.07, 6.45) is 9.94. The number of imide groups is 1. The molecule has 0 radical (unpaired) electrons. The molecule has 27 rings (SSSR count). The van der Waals surface area contributed by atoms with Crippen LogP contribution in [0.3, 0.4) is 0 Å². The predicted molar refractivity (Wildman–Crippen MR) is 556 cm³/mol. The van der Waals surface area contributed by atoms with Crippen molar-refractivity contribution in [2.75, 3.05) is 9.80 Å². The second-order valence-corrected chi connectivity index (χ2v) is 36.2. The third kappa shape index (κ3) is 11.1. The zero-order valence-corrected chi connectivity index (χ0v) is 73.9. The number of nitrogens with one attached hydrogen (secondary N) is 1. The fourth-order valence-corrected chi connectivity index (χ4v) is 23.6. The van der Waals surface area contributed by atoms with Crippen molar-refractivity contribution in [2.24, 2.45) is 5.92 Å². The van der Waals surface area contributed by atoms with Crippen molar-refractivity contribution in [1.29, 1.82) is 5.41 Å². The van der Waals surface area contributed by atoms with Crippen LogP contribution in [0.5, 0.6) is 0 Å². The highest BCUT2D eigenvalue weighted by molar-refractivity contribution is 6.41. The van der Waals surface area contributed by atoms with Gasteiger partial charge in [-0.2, -0.15) is 0 Å². The molecular weight excluding hydrogens is 1650 g/mol. The van der Waals surface area contributed by atoms with Gasteiger partial charge in [0.1, 0.15) is 5.84 Å². The Balaban J connectivity index is 0.768. The third-order valence-corrected chi connectivity index (χ3v) is 29.3. The summed E-state index contributed by atoms with van der Waals surface area (Å²) >= 11 is 0. The number of hydrogen-bond donors (Lipinski definition) is 1. The Bertz CT molecular complexity index is 8840. The fraction of sp³-hybridized carbons (Fsp3) is 0.0656. The molecule has 0 bridgehead atoms. The molecule has 13 nitrogen and oxygen atoms in total. The van der Waals surface area contributed by atoms with Crippen molar-refractivity contribution in [3.05, 3.63) is 446 Å². The van der Waals surface area contributed by atoms with Crippen LogP contribution in [0.4, 0.5) is 11.4 Å². The van der Waals surface area contributed by atoms with E-state index < -0.39 is 23.8 Å². The number of carbonyl (C=O) groups excluding carboxylic acids is 3. The molecule has 7 aromatic heterocycles. The van der Waals surface area contributed by atoms with E-state index >= 15 is 14.4 Å². The summed E-state index contributed by atoms with van der Waals surface area (Å²) in [5.74, 6) is -1.42. The van der Waals surface area contributed by atoms with Gasteiger partial charge in [0.05, 0.1) is 134 Å². The van der Waals surface area contributed by atoms with Gasteiger partial charge in [-0.25, -0.2) is 4.90 Å². The average molecular weight is 1740 g/mol. The number of nitrogens with zero attached hydrogens (tertiary/aromatic N) is 9. The van der Waals surface area contributed by atoms with Crippen molar-refractivity contribution in [3.63, 3.8) is 0 Å². The number of fused-ring (bicyclic) bond motifs is 22. The Morgan fingerprint density at radius 1 is 0.311 bits per heavy atom. The third-order valence-electron chi connectivity index (χ3n) is 29.3. The molecule has 640 valence electrons. The van der Waals surface area contributed by atoms with Gasteiger partial charge in [0.15, 0.2) is 0 Å². The lowest BCUT2D eigenvalue weighted by Crippen LogP contribution is -2.35. The number of hydrogen-bond acceptors (Lipinski definition) is 4.